The largest absolute Gasteiger partial charge is 0.416 e. The van der Waals surface area contributed by atoms with Crippen molar-refractivity contribution in [3.8, 4) is 0 Å². The van der Waals surface area contributed by atoms with E-state index >= 15 is 0 Å². The zero-order valence-corrected chi connectivity index (χ0v) is 9.31. The molecule has 1 aliphatic rings. The van der Waals surface area contributed by atoms with Gasteiger partial charge in [-0.25, -0.2) is 0 Å². The Balaban J connectivity index is 0.00000128. The van der Waals surface area contributed by atoms with E-state index in [0.717, 1.165) is 25.0 Å². The summed E-state index contributed by atoms with van der Waals surface area (Å²) in [6.45, 7) is 0. The summed E-state index contributed by atoms with van der Waals surface area (Å²) in [6.07, 6.45) is -2.23. The van der Waals surface area contributed by atoms with E-state index in [-0.39, 0.29) is 18.4 Å². The quantitative estimate of drug-likeness (QED) is 0.855. The predicted molar refractivity (Wildman–Crippen MR) is 58.3 cm³/mol. The molecule has 1 saturated carbocycles. The lowest BCUT2D eigenvalue weighted by Crippen LogP contribution is -2.14. The Morgan fingerprint density at radius 2 is 1.88 bits per heavy atom. The lowest BCUT2D eigenvalue weighted by Gasteiger charge is -2.13. The van der Waals surface area contributed by atoms with Crippen LogP contribution in [0.4, 0.5) is 13.2 Å². The number of hydrogen-bond donors (Lipinski definition) is 1. The fourth-order valence-electron chi connectivity index (χ4n) is 1.65. The highest BCUT2D eigenvalue weighted by molar-refractivity contribution is 5.85. The molecule has 2 rings (SSSR count). The summed E-state index contributed by atoms with van der Waals surface area (Å²) in [5.74, 6) is 0.369. The molecule has 1 aromatic carbocycles. The smallest absolute Gasteiger partial charge is 0.324 e. The Kier molecular flexibility index (Phi) is 3.86. The van der Waals surface area contributed by atoms with Gasteiger partial charge in [0.05, 0.1) is 5.56 Å². The number of hydrogen-bond acceptors (Lipinski definition) is 1. The molecule has 0 bridgehead atoms. The highest BCUT2D eigenvalue weighted by Crippen LogP contribution is 2.40. The average molecular weight is 252 g/mol. The van der Waals surface area contributed by atoms with E-state index in [1.165, 1.54) is 6.07 Å². The van der Waals surface area contributed by atoms with Crippen LogP contribution in [0.15, 0.2) is 24.3 Å². The fourth-order valence-corrected chi connectivity index (χ4v) is 1.65. The highest BCUT2D eigenvalue weighted by atomic mass is 35.5. The van der Waals surface area contributed by atoms with Gasteiger partial charge < -0.3 is 5.73 Å². The first kappa shape index (κ1) is 13.3. The number of benzene rings is 1. The Labute approximate surface area is 98.2 Å². The molecular weight excluding hydrogens is 239 g/mol. The van der Waals surface area contributed by atoms with Gasteiger partial charge in [0.1, 0.15) is 0 Å². The van der Waals surface area contributed by atoms with Gasteiger partial charge in [-0.15, -0.1) is 12.4 Å². The van der Waals surface area contributed by atoms with Gasteiger partial charge in [-0.1, -0.05) is 12.1 Å². The number of nitrogens with two attached hydrogens (primary N) is 1. The second kappa shape index (κ2) is 4.63. The SMILES string of the molecule is Cl.N[C@H](c1cccc(C(F)(F)F)c1)C1CC1. The van der Waals surface area contributed by atoms with E-state index in [1.807, 2.05) is 0 Å². The molecule has 90 valence electrons. The van der Waals surface area contributed by atoms with Crippen molar-refractivity contribution >= 4 is 12.4 Å². The van der Waals surface area contributed by atoms with Crippen LogP contribution in [0.5, 0.6) is 0 Å². The molecule has 0 saturated heterocycles. The second-order valence-corrected chi connectivity index (χ2v) is 3.99. The summed E-state index contributed by atoms with van der Waals surface area (Å²) in [6, 6.07) is 5.07. The standard InChI is InChI=1S/C11H12F3N.ClH/c12-11(13,14)9-3-1-2-8(6-9)10(15)7-4-5-7;/h1-3,6-7,10H,4-5,15H2;1H/t10-;/m0./s1. The summed E-state index contributed by atoms with van der Waals surface area (Å²) in [5, 5.41) is 0. The van der Waals surface area contributed by atoms with Crippen molar-refractivity contribution in [2.24, 2.45) is 11.7 Å². The van der Waals surface area contributed by atoms with Gasteiger partial charge in [-0.05, 0) is 36.5 Å². The van der Waals surface area contributed by atoms with E-state index in [2.05, 4.69) is 0 Å². The molecule has 16 heavy (non-hydrogen) atoms. The van der Waals surface area contributed by atoms with E-state index in [9.17, 15) is 13.2 Å². The highest BCUT2D eigenvalue weighted by Gasteiger charge is 2.33. The van der Waals surface area contributed by atoms with Gasteiger partial charge in [0.15, 0.2) is 0 Å². The van der Waals surface area contributed by atoms with Crippen molar-refractivity contribution in [2.75, 3.05) is 0 Å². The Morgan fingerprint density at radius 3 is 2.38 bits per heavy atom. The molecule has 5 heteroatoms. The zero-order chi connectivity index (χ0) is 11.1. The van der Waals surface area contributed by atoms with Crippen LogP contribution < -0.4 is 5.73 Å². The lowest BCUT2D eigenvalue weighted by molar-refractivity contribution is -0.137. The van der Waals surface area contributed by atoms with E-state index in [4.69, 9.17) is 5.73 Å². The van der Waals surface area contributed by atoms with Gasteiger partial charge in [0.25, 0.3) is 0 Å². The minimum atomic E-state index is -4.28. The van der Waals surface area contributed by atoms with Crippen LogP contribution in [-0.2, 0) is 6.18 Å². The van der Waals surface area contributed by atoms with Crippen LogP contribution in [0.2, 0.25) is 0 Å². The van der Waals surface area contributed by atoms with Crippen molar-refractivity contribution in [3.63, 3.8) is 0 Å². The summed E-state index contributed by atoms with van der Waals surface area (Å²) < 4.78 is 37.2. The third kappa shape index (κ3) is 2.89. The van der Waals surface area contributed by atoms with Crippen molar-refractivity contribution in [2.45, 2.75) is 25.1 Å². The van der Waals surface area contributed by atoms with E-state index in [0.29, 0.717) is 11.5 Å². The van der Waals surface area contributed by atoms with Gasteiger partial charge in [-0.2, -0.15) is 13.2 Å². The third-order valence-electron chi connectivity index (χ3n) is 2.73. The maximum Gasteiger partial charge on any atom is 0.416 e. The van der Waals surface area contributed by atoms with Crippen LogP contribution in [0, 0.1) is 5.92 Å². The number of alkyl halides is 3. The van der Waals surface area contributed by atoms with Gasteiger partial charge >= 0.3 is 6.18 Å². The van der Waals surface area contributed by atoms with Crippen molar-refractivity contribution in [1.29, 1.82) is 0 Å². The first-order chi connectivity index (χ1) is 6.98. The normalized spacial score (nSPS) is 17.8. The van der Waals surface area contributed by atoms with Crippen LogP contribution in [0.25, 0.3) is 0 Å². The molecule has 0 heterocycles. The summed E-state index contributed by atoms with van der Waals surface area (Å²) in [7, 11) is 0. The van der Waals surface area contributed by atoms with Gasteiger partial charge in [0.2, 0.25) is 0 Å². The first-order valence-corrected chi connectivity index (χ1v) is 4.91. The summed E-state index contributed by atoms with van der Waals surface area (Å²) >= 11 is 0. The van der Waals surface area contributed by atoms with Gasteiger partial charge in [-0.3, -0.25) is 0 Å². The molecule has 0 spiro atoms. The molecule has 1 atom stereocenters. The summed E-state index contributed by atoms with van der Waals surface area (Å²) in [5.41, 5.74) is 5.82. The molecule has 0 aromatic heterocycles. The minimum absolute atomic E-state index is 0. The third-order valence-corrected chi connectivity index (χ3v) is 2.73. The van der Waals surface area contributed by atoms with Crippen LogP contribution in [-0.4, -0.2) is 0 Å². The van der Waals surface area contributed by atoms with Crippen molar-refractivity contribution in [1.82, 2.24) is 0 Å². The van der Waals surface area contributed by atoms with E-state index < -0.39 is 11.7 Å². The van der Waals surface area contributed by atoms with Crippen LogP contribution in [0.3, 0.4) is 0 Å². The molecule has 1 aliphatic carbocycles. The van der Waals surface area contributed by atoms with Crippen molar-refractivity contribution in [3.05, 3.63) is 35.4 Å². The summed E-state index contributed by atoms with van der Waals surface area (Å²) in [4.78, 5) is 0. The molecule has 1 aromatic rings. The predicted octanol–water partition coefficient (Wildman–Crippen LogP) is 3.54. The maximum absolute atomic E-state index is 12.4. The topological polar surface area (TPSA) is 26.0 Å². The Hall–Kier alpha value is -0.740. The molecule has 1 fully saturated rings. The van der Waals surface area contributed by atoms with Gasteiger partial charge in [0, 0.05) is 6.04 Å². The Bertz CT molecular complexity index is 360. The number of halogens is 4. The zero-order valence-electron chi connectivity index (χ0n) is 8.50. The van der Waals surface area contributed by atoms with Crippen molar-refractivity contribution < 1.29 is 13.2 Å². The fraction of sp³-hybridized carbons (Fsp3) is 0.455. The van der Waals surface area contributed by atoms with Crippen LogP contribution in [0.1, 0.15) is 30.0 Å². The number of rotatable bonds is 2. The maximum atomic E-state index is 12.4. The lowest BCUT2D eigenvalue weighted by atomic mass is 10.0. The molecule has 1 nitrogen and oxygen atoms in total. The molecular formula is C11H13ClF3N. The average Bonchev–Trinajstić information content (AvgIpc) is 2.99. The molecule has 0 aliphatic heterocycles. The first-order valence-electron chi connectivity index (χ1n) is 4.91. The molecule has 2 N–H and O–H groups in total. The van der Waals surface area contributed by atoms with Crippen LogP contribution >= 0.6 is 12.4 Å². The molecule has 0 amide bonds. The monoisotopic (exact) mass is 251 g/mol. The van der Waals surface area contributed by atoms with E-state index in [1.54, 1.807) is 6.07 Å². The molecule has 0 unspecified atom stereocenters. The Morgan fingerprint density at radius 1 is 1.25 bits per heavy atom. The second-order valence-electron chi connectivity index (χ2n) is 3.99. The molecule has 0 radical (unpaired) electrons. The minimum Gasteiger partial charge on any atom is -0.324 e.